The van der Waals surface area contributed by atoms with Crippen molar-refractivity contribution in [3.63, 3.8) is 0 Å². The van der Waals surface area contributed by atoms with Gasteiger partial charge in [0.1, 0.15) is 5.76 Å². The van der Waals surface area contributed by atoms with E-state index in [0.29, 0.717) is 25.4 Å². The highest BCUT2D eigenvalue weighted by atomic mass is 32.2. The number of aryl methyl sites for hydroxylation is 3. The molecule has 1 saturated heterocycles. The third kappa shape index (κ3) is 4.09. The summed E-state index contributed by atoms with van der Waals surface area (Å²) in [6, 6.07) is -0.388. The number of hydrogen-bond acceptors (Lipinski definition) is 7. The zero-order valence-corrected chi connectivity index (χ0v) is 15.2. The van der Waals surface area contributed by atoms with Gasteiger partial charge in [-0.3, -0.25) is 0 Å². The van der Waals surface area contributed by atoms with E-state index in [0.717, 1.165) is 11.3 Å². The SMILES string of the molecule is Cc1noc(C)c1CO[C@@H]1COCC[C@H]1NS(=O)(=O)c1cn(C)cn1. The number of rotatable bonds is 6. The summed E-state index contributed by atoms with van der Waals surface area (Å²) in [5, 5.41) is 3.88. The van der Waals surface area contributed by atoms with Crippen LogP contribution in [-0.2, 0) is 33.2 Å². The Morgan fingerprint density at radius 2 is 2.24 bits per heavy atom. The van der Waals surface area contributed by atoms with Gasteiger partial charge in [-0.05, 0) is 20.3 Å². The number of ether oxygens (including phenoxy) is 2. The lowest BCUT2D eigenvalue weighted by atomic mass is 10.1. The van der Waals surface area contributed by atoms with E-state index in [1.54, 1.807) is 11.6 Å². The minimum Gasteiger partial charge on any atom is -0.379 e. The molecular weight excluding hydrogens is 348 g/mol. The number of hydrogen-bond donors (Lipinski definition) is 1. The Kier molecular flexibility index (Phi) is 5.23. The van der Waals surface area contributed by atoms with Crippen LogP contribution in [0.15, 0.2) is 22.1 Å². The second-order valence-corrected chi connectivity index (χ2v) is 7.78. The molecule has 0 unspecified atom stereocenters. The molecule has 0 saturated carbocycles. The van der Waals surface area contributed by atoms with E-state index in [-0.39, 0.29) is 17.7 Å². The Balaban J connectivity index is 1.68. The minimum atomic E-state index is -3.71. The average Bonchev–Trinajstić information content (AvgIpc) is 3.14. The number of aromatic nitrogens is 3. The van der Waals surface area contributed by atoms with Crippen molar-refractivity contribution in [2.75, 3.05) is 13.2 Å². The highest BCUT2D eigenvalue weighted by molar-refractivity contribution is 7.89. The van der Waals surface area contributed by atoms with Crippen LogP contribution in [0.25, 0.3) is 0 Å². The van der Waals surface area contributed by atoms with E-state index >= 15 is 0 Å². The summed E-state index contributed by atoms with van der Waals surface area (Å²) in [6.07, 6.45) is 3.03. The van der Waals surface area contributed by atoms with E-state index in [1.807, 2.05) is 13.8 Å². The van der Waals surface area contributed by atoms with Gasteiger partial charge in [0, 0.05) is 25.4 Å². The normalized spacial score (nSPS) is 21.6. The van der Waals surface area contributed by atoms with E-state index in [2.05, 4.69) is 14.9 Å². The summed E-state index contributed by atoms with van der Waals surface area (Å²) in [5.74, 6) is 0.694. The molecule has 0 spiro atoms. The van der Waals surface area contributed by atoms with Crippen LogP contribution in [0.2, 0.25) is 0 Å². The van der Waals surface area contributed by atoms with Crippen LogP contribution < -0.4 is 4.72 Å². The fourth-order valence-electron chi connectivity index (χ4n) is 2.70. The van der Waals surface area contributed by atoms with E-state index < -0.39 is 16.1 Å². The standard InChI is InChI=1S/C15H22N4O5S/c1-10-12(11(2)24-17-10)7-23-14-8-22-5-4-13(14)18-25(20,21)15-6-19(3)9-16-15/h6,9,13-14,18H,4-5,7-8H2,1-3H3/t13-,14-/m1/s1. The average molecular weight is 370 g/mol. The quantitative estimate of drug-likeness (QED) is 0.796. The lowest BCUT2D eigenvalue weighted by molar-refractivity contribution is -0.0714. The number of sulfonamides is 1. The molecule has 2 atom stereocenters. The summed E-state index contributed by atoms with van der Waals surface area (Å²) in [6.45, 7) is 4.74. The van der Waals surface area contributed by atoms with Gasteiger partial charge >= 0.3 is 0 Å². The molecule has 0 aliphatic carbocycles. The molecule has 1 aliphatic rings. The summed E-state index contributed by atoms with van der Waals surface area (Å²) in [5.41, 5.74) is 1.64. The van der Waals surface area contributed by atoms with E-state index in [9.17, 15) is 8.42 Å². The van der Waals surface area contributed by atoms with Gasteiger partial charge in [-0.25, -0.2) is 18.1 Å². The summed E-state index contributed by atoms with van der Waals surface area (Å²) >= 11 is 0. The molecule has 0 amide bonds. The molecular formula is C15H22N4O5S. The van der Waals surface area contributed by atoms with Crippen LogP contribution in [0.4, 0.5) is 0 Å². The first-order valence-corrected chi connectivity index (χ1v) is 9.46. The van der Waals surface area contributed by atoms with Crippen LogP contribution in [0.3, 0.4) is 0 Å². The Morgan fingerprint density at radius 3 is 2.88 bits per heavy atom. The maximum atomic E-state index is 12.5. The number of nitrogens with zero attached hydrogens (tertiary/aromatic N) is 3. The van der Waals surface area contributed by atoms with E-state index in [1.165, 1.54) is 12.5 Å². The molecule has 0 radical (unpaired) electrons. The first-order chi connectivity index (χ1) is 11.9. The van der Waals surface area contributed by atoms with Crippen LogP contribution in [0.5, 0.6) is 0 Å². The van der Waals surface area contributed by atoms with Gasteiger partial charge in [-0.1, -0.05) is 5.16 Å². The molecule has 1 fully saturated rings. The highest BCUT2D eigenvalue weighted by Gasteiger charge is 2.32. The molecule has 0 aromatic carbocycles. The summed E-state index contributed by atoms with van der Waals surface area (Å²) < 4.78 is 45.7. The van der Waals surface area contributed by atoms with Gasteiger partial charge in [-0.2, -0.15) is 0 Å². The van der Waals surface area contributed by atoms with Gasteiger partial charge in [0.15, 0.2) is 5.03 Å². The third-order valence-corrected chi connectivity index (χ3v) is 5.56. The number of imidazole rings is 1. The molecule has 10 heteroatoms. The van der Waals surface area contributed by atoms with Crippen molar-refractivity contribution in [1.29, 1.82) is 0 Å². The van der Waals surface area contributed by atoms with Crippen molar-refractivity contribution >= 4 is 10.0 Å². The molecule has 3 heterocycles. The maximum absolute atomic E-state index is 12.5. The minimum absolute atomic E-state index is 0.00837. The Labute approximate surface area is 146 Å². The van der Waals surface area contributed by atoms with Crippen LogP contribution >= 0.6 is 0 Å². The van der Waals surface area contributed by atoms with Crippen molar-refractivity contribution in [1.82, 2.24) is 19.4 Å². The van der Waals surface area contributed by atoms with Crippen molar-refractivity contribution in [2.24, 2.45) is 7.05 Å². The van der Waals surface area contributed by atoms with Crippen LogP contribution in [0, 0.1) is 13.8 Å². The van der Waals surface area contributed by atoms with Gasteiger partial charge in [0.2, 0.25) is 0 Å². The molecule has 1 N–H and O–H groups in total. The molecule has 2 aromatic rings. The Morgan fingerprint density at radius 1 is 1.44 bits per heavy atom. The van der Waals surface area contributed by atoms with Crippen LogP contribution in [0.1, 0.15) is 23.4 Å². The second kappa shape index (κ2) is 7.24. The Bertz CT molecular complexity index is 809. The van der Waals surface area contributed by atoms with Gasteiger partial charge in [-0.15, -0.1) is 0 Å². The highest BCUT2D eigenvalue weighted by Crippen LogP contribution is 2.19. The zero-order chi connectivity index (χ0) is 18.0. The van der Waals surface area contributed by atoms with Gasteiger partial charge in [0.25, 0.3) is 10.0 Å². The van der Waals surface area contributed by atoms with Gasteiger partial charge in [0.05, 0.1) is 37.4 Å². The fraction of sp³-hybridized carbons (Fsp3) is 0.600. The molecule has 2 aromatic heterocycles. The predicted octanol–water partition coefficient (Wildman–Crippen LogP) is 0.678. The Hall–Kier alpha value is -1.75. The largest absolute Gasteiger partial charge is 0.379 e. The predicted molar refractivity (Wildman–Crippen MR) is 87.3 cm³/mol. The third-order valence-electron chi connectivity index (χ3n) is 4.19. The smallest absolute Gasteiger partial charge is 0.259 e. The summed E-state index contributed by atoms with van der Waals surface area (Å²) in [4.78, 5) is 3.91. The molecule has 3 rings (SSSR count). The topological polar surface area (TPSA) is 108 Å². The zero-order valence-electron chi connectivity index (χ0n) is 14.4. The molecule has 138 valence electrons. The van der Waals surface area contributed by atoms with Crippen LogP contribution in [-0.4, -0.2) is 48.5 Å². The first-order valence-electron chi connectivity index (χ1n) is 7.98. The lowest BCUT2D eigenvalue weighted by Crippen LogP contribution is -2.49. The van der Waals surface area contributed by atoms with Crippen molar-refractivity contribution in [3.8, 4) is 0 Å². The van der Waals surface area contributed by atoms with Crippen molar-refractivity contribution < 1.29 is 22.4 Å². The van der Waals surface area contributed by atoms with Crippen molar-refractivity contribution in [2.45, 2.75) is 44.0 Å². The molecule has 9 nitrogen and oxygen atoms in total. The van der Waals surface area contributed by atoms with E-state index in [4.69, 9.17) is 14.0 Å². The fourth-order valence-corrected chi connectivity index (χ4v) is 3.98. The molecule has 0 bridgehead atoms. The summed E-state index contributed by atoms with van der Waals surface area (Å²) in [7, 11) is -1.99. The number of nitrogens with one attached hydrogen (secondary N) is 1. The van der Waals surface area contributed by atoms with Crippen molar-refractivity contribution in [3.05, 3.63) is 29.5 Å². The molecule has 25 heavy (non-hydrogen) atoms. The monoisotopic (exact) mass is 370 g/mol. The second-order valence-electron chi connectivity index (χ2n) is 6.12. The molecule has 1 aliphatic heterocycles. The lowest BCUT2D eigenvalue weighted by Gasteiger charge is -2.31. The van der Waals surface area contributed by atoms with Gasteiger partial charge < -0.3 is 18.6 Å². The maximum Gasteiger partial charge on any atom is 0.259 e. The first kappa shape index (κ1) is 18.1.